The Balaban J connectivity index is 2.38. The molecule has 0 bridgehead atoms. The van der Waals surface area contributed by atoms with E-state index in [1.807, 2.05) is 0 Å². The molecule has 23 heavy (non-hydrogen) atoms. The molecule has 0 fully saturated rings. The lowest BCUT2D eigenvalue weighted by atomic mass is 10.0. The van der Waals surface area contributed by atoms with E-state index in [2.05, 4.69) is 9.97 Å². The predicted octanol–water partition coefficient (Wildman–Crippen LogP) is 3.17. The van der Waals surface area contributed by atoms with Crippen LogP contribution in [-0.4, -0.2) is 24.2 Å². The first kappa shape index (κ1) is 15.0. The van der Waals surface area contributed by atoms with Gasteiger partial charge in [0.1, 0.15) is 0 Å². The van der Waals surface area contributed by atoms with E-state index in [1.54, 1.807) is 12.1 Å². The van der Waals surface area contributed by atoms with Crippen LogP contribution in [0.25, 0.3) is 22.2 Å². The van der Waals surface area contributed by atoms with Crippen LogP contribution < -0.4 is 15.2 Å². The SMILES string of the molecule is COc1cc2nc(N)nc(-c3cccc(F)c3F)c2cc1OC. The van der Waals surface area contributed by atoms with Gasteiger partial charge in [-0.2, -0.15) is 0 Å². The van der Waals surface area contributed by atoms with Crippen molar-refractivity contribution >= 4 is 16.9 Å². The summed E-state index contributed by atoms with van der Waals surface area (Å²) in [7, 11) is 2.96. The van der Waals surface area contributed by atoms with E-state index in [0.29, 0.717) is 22.4 Å². The molecule has 0 saturated heterocycles. The summed E-state index contributed by atoms with van der Waals surface area (Å²) in [5, 5.41) is 0.473. The van der Waals surface area contributed by atoms with E-state index in [1.165, 1.54) is 26.4 Å². The minimum Gasteiger partial charge on any atom is -0.493 e. The van der Waals surface area contributed by atoms with Crippen molar-refractivity contribution in [3.63, 3.8) is 0 Å². The summed E-state index contributed by atoms with van der Waals surface area (Å²) < 4.78 is 38.1. The van der Waals surface area contributed by atoms with Crippen molar-refractivity contribution in [1.29, 1.82) is 0 Å². The Morgan fingerprint density at radius 3 is 2.39 bits per heavy atom. The van der Waals surface area contributed by atoms with Gasteiger partial charge in [-0.05, 0) is 18.2 Å². The minimum atomic E-state index is -0.998. The number of aromatic nitrogens is 2. The van der Waals surface area contributed by atoms with Crippen LogP contribution in [-0.2, 0) is 0 Å². The highest BCUT2D eigenvalue weighted by atomic mass is 19.2. The first-order valence-electron chi connectivity index (χ1n) is 6.68. The monoisotopic (exact) mass is 317 g/mol. The number of rotatable bonds is 3. The molecule has 3 rings (SSSR count). The van der Waals surface area contributed by atoms with Crippen LogP contribution in [0.3, 0.4) is 0 Å². The average Bonchev–Trinajstić information content (AvgIpc) is 2.55. The molecular formula is C16H13F2N3O2. The number of nitrogen functional groups attached to an aromatic ring is 1. The topological polar surface area (TPSA) is 70.3 Å². The number of nitrogens with zero attached hydrogens (tertiary/aromatic N) is 2. The molecule has 0 saturated carbocycles. The highest BCUT2D eigenvalue weighted by Gasteiger charge is 2.17. The van der Waals surface area contributed by atoms with Gasteiger partial charge in [0.25, 0.3) is 0 Å². The lowest BCUT2D eigenvalue weighted by molar-refractivity contribution is 0.356. The molecule has 0 aliphatic heterocycles. The lowest BCUT2D eigenvalue weighted by Gasteiger charge is -2.12. The number of anilines is 1. The van der Waals surface area contributed by atoms with Crippen molar-refractivity contribution in [1.82, 2.24) is 9.97 Å². The molecule has 2 aromatic carbocycles. The molecule has 0 aliphatic carbocycles. The number of nitrogens with two attached hydrogens (primary N) is 1. The number of halogens is 2. The van der Waals surface area contributed by atoms with Gasteiger partial charge >= 0.3 is 0 Å². The molecule has 2 N–H and O–H groups in total. The molecule has 7 heteroatoms. The zero-order valence-corrected chi connectivity index (χ0v) is 12.4. The van der Waals surface area contributed by atoms with Crippen molar-refractivity contribution in [3.8, 4) is 22.8 Å². The van der Waals surface area contributed by atoms with Gasteiger partial charge in [-0.25, -0.2) is 18.7 Å². The quantitative estimate of drug-likeness (QED) is 0.803. The number of benzene rings is 2. The summed E-state index contributed by atoms with van der Waals surface area (Å²) in [6.07, 6.45) is 0. The number of hydrogen-bond acceptors (Lipinski definition) is 5. The summed E-state index contributed by atoms with van der Waals surface area (Å²) in [4.78, 5) is 8.18. The van der Waals surface area contributed by atoms with Gasteiger partial charge in [0, 0.05) is 17.0 Å². The second kappa shape index (κ2) is 5.68. The van der Waals surface area contributed by atoms with Gasteiger partial charge in [-0.15, -0.1) is 0 Å². The van der Waals surface area contributed by atoms with E-state index in [9.17, 15) is 8.78 Å². The van der Waals surface area contributed by atoms with E-state index in [-0.39, 0.29) is 17.2 Å². The van der Waals surface area contributed by atoms with Gasteiger partial charge in [0.05, 0.1) is 25.4 Å². The summed E-state index contributed by atoms with van der Waals surface area (Å²) in [6, 6.07) is 7.07. The minimum absolute atomic E-state index is 0.00341. The third kappa shape index (κ3) is 2.50. The van der Waals surface area contributed by atoms with Gasteiger partial charge < -0.3 is 15.2 Å². The van der Waals surface area contributed by atoms with Crippen LogP contribution >= 0.6 is 0 Å². The van der Waals surface area contributed by atoms with Gasteiger partial charge in [-0.3, -0.25) is 0 Å². The number of ether oxygens (including phenoxy) is 2. The third-order valence-corrected chi connectivity index (χ3v) is 3.43. The molecular weight excluding hydrogens is 304 g/mol. The predicted molar refractivity (Wildman–Crippen MR) is 82.4 cm³/mol. The fraction of sp³-hybridized carbons (Fsp3) is 0.125. The maximum Gasteiger partial charge on any atom is 0.221 e. The molecule has 0 amide bonds. The Labute approximate surface area is 130 Å². The number of methoxy groups -OCH3 is 2. The zero-order chi connectivity index (χ0) is 16.6. The van der Waals surface area contributed by atoms with Gasteiger partial charge in [0.15, 0.2) is 23.1 Å². The normalized spacial score (nSPS) is 10.8. The summed E-state index contributed by atoms with van der Waals surface area (Å²) in [5.74, 6) is -1.14. The molecule has 0 aliphatic rings. The van der Waals surface area contributed by atoms with Crippen LogP contribution in [0.5, 0.6) is 11.5 Å². The Kier molecular flexibility index (Phi) is 3.69. The second-order valence-electron chi connectivity index (χ2n) is 4.76. The van der Waals surface area contributed by atoms with E-state index >= 15 is 0 Å². The van der Waals surface area contributed by atoms with Crippen LogP contribution in [0.2, 0.25) is 0 Å². The van der Waals surface area contributed by atoms with Crippen LogP contribution in [0.1, 0.15) is 0 Å². The zero-order valence-electron chi connectivity index (χ0n) is 12.4. The van der Waals surface area contributed by atoms with Crippen LogP contribution in [0.15, 0.2) is 30.3 Å². The van der Waals surface area contributed by atoms with Gasteiger partial charge in [0.2, 0.25) is 5.95 Å². The Bertz CT molecular complexity index is 900. The van der Waals surface area contributed by atoms with Crippen LogP contribution in [0.4, 0.5) is 14.7 Å². The summed E-state index contributed by atoms with van der Waals surface area (Å²) in [6.45, 7) is 0. The summed E-state index contributed by atoms with van der Waals surface area (Å²) in [5.41, 5.74) is 6.32. The standard InChI is InChI=1S/C16H13F2N3O2/c1-22-12-6-9-11(7-13(12)23-2)20-16(19)21-15(9)8-4-3-5-10(17)14(8)18/h3-7H,1-2H3,(H2,19,20,21). The Morgan fingerprint density at radius 2 is 1.70 bits per heavy atom. The summed E-state index contributed by atoms with van der Waals surface area (Å²) >= 11 is 0. The van der Waals surface area contributed by atoms with E-state index < -0.39 is 11.6 Å². The molecule has 5 nitrogen and oxygen atoms in total. The molecule has 118 valence electrons. The smallest absolute Gasteiger partial charge is 0.221 e. The molecule has 1 aromatic heterocycles. The molecule has 1 heterocycles. The van der Waals surface area contributed by atoms with E-state index in [0.717, 1.165) is 6.07 Å². The highest BCUT2D eigenvalue weighted by molar-refractivity contribution is 5.95. The van der Waals surface area contributed by atoms with Crippen molar-refractivity contribution in [3.05, 3.63) is 42.0 Å². The average molecular weight is 317 g/mol. The number of fused-ring (bicyclic) bond motifs is 1. The maximum atomic E-state index is 14.1. The molecule has 3 aromatic rings. The lowest BCUT2D eigenvalue weighted by Crippen LogP contribution is -2.01. The van der Waals surface area contributed by atoms with Crippen molar-refractivity contribution < 1.29 is 18.3 Å². The maximum absolute atomic E-state index is 14.1. The first-order chi connectivity index (χ1) is 11.0. The molecule has 0 atom stereocenters. The Hall–Kier alpha value is -2.96. The first-order valence-corrected chi connectivity index (χ1v) is 6.68. The second-order valence-corrected chi connectivity index (χ2v) is 4.76. The third-order valence-electron chi connectivity index (χ3n) is 3.43. The molecule has 0 radical (unpaired) electrons. The van der Waals surface area contributed by atoms with Gasteiger partial charge in [-0.1, -0.05) is 6.07 Å². The Morgan fingerprint density at radius 1 is 1.00 bits per heavy atom. The largest absolute Gasteiger partial charge is 0.493 e. The van der Waals surface area contributed by atoms with E-state index in [4.69, 9.17) is 15.2 Å². The molecule has 0 unspecified atom stereocenters. The van der Waals surface area contributed by atoms with Crippen LogP contribution in [0, 0.1) is 11.6 Å². The fourth-order valence-corrected chi connectivity index (χ4v) is 2.37. The van der Waals surface area contributed by atoms with Crippen molar-refractivity contribution in [2.45, 2.75) is 0 Å². The number of hydrogen-bond donors (Lipinski definition) is 1. The highest BCUT2D eigenvalue weighted by Crippen LogP contribution is 2.36. The fourth-order valence-electron chi connectivity index (χ4n) is 2.37. The van der Waals surface area contributed by atoms with Crippen molar-refractivity contribution in [2.24, 2.45) is 0 Å². The molecule has 0 spiro atoms. The van der Waals surface area contributed by atoms with Crippen molar-refractivity contribution in [2.75, 3.05) is 20.0 Å².